The Morgan fingerprint density at radius 3 is 2.96 bits per heavy atom. The largest absolute Gasteiger partial charge is 0.383 e. The van der Waals surface area contributed by atoms with Crippen molar-refractivity contribution in [3.63, 3.8) is 0 Å². The smallest absolute Gasteiger partial charge is 0.249 e. The molecule has 2 fully saturated rings. The van der Waals surface area contributed by atoms with E-state index in [-0.39, 0.29) is 18.1 Å². The van der Waals surface area contributed by atoms with Gasteiger partial charge in [-0.25, -0.2) is 14.4 Å². The van der Waals surface area contributed by atoms with E-state index in [9.17, 15) is 9.18 Å². The van der Waals surface area contributed by atoms with E-state index in [0.29, 0.717) is 25.5 Å². The van der Waals surface area contributed by atoms with Crippen molar-refractivity contribution in [3.8, 4) is 0 Å². The van der Waals surface area contributed by atoms with Crippen LogP contribution >= 0.6 is 0 Å². The minimum atomic E-state index is -0.447. The molecule has 1 aromatic heterocycles. The van der Waals surface area contributed by atoms with E-state index >= 15 is 0 Å². The molecule has 3 atom stereocenters. The van der Waals surface area contributed by atoms with E-state index in [1.807, 2.05) is 4.90 Å². The van der Waals surface area contributed by atoms with Crippen LogP contribution in [0.4, 0.5) is 10.3 Å². The lowest BCUT2D eigenvalue weighted by Crippen LogP contribution is -2.48. The average molecular weight is 324 g/mol. The molecule has 23 heavy (non-hydrogen) atoms. The van der Waals surface area contributed by atoms with E-state index in [2.05, 4.69) is 15.3 Å². The molecule has 2 saturated heterocycles. The fourth-order valence-corrected chi connectivity index (χ4v) is 3.21. The van der Waals surface area contributed by atoms with Crippen LogP contribution in [0, 0.1) is 5.82 Å². The van der Waals surface area contributed by atoms with Crippen molar-refractivity contribution in [1.82, 2.24) is 15.3 Å². The minimum Gasteiger partial charge on any atom is -0.383 e. The normalized spacial score (nSPS) is 26.9. The fourth-order valence-electron chi connectivity index (χ4n) is 3.21. The van der Waals surface area contributed by atoms with Gasteiger partial charge < -0.3 is 19.7 Å². The first-order valence-electron chi connectivity index (χ1n) is 7.85. The lowest BCUT2D eigenvalue weighted by Gasteiger charge is -2.35. The number of rotatable bonds is 5. The summed E-state index contributed by atoms with van der Waals surface area (Å²) < 4.78 is 23.8. The van der Waals surface area contributed by atoms with Crippen molar-refractivity contribution in [2.75, 3.05) is 31.7 Å². The molecule has 0 aromatic carbocycles. The molecule has 1 amide bonds. The Kier molecular flexibility index (Phi) is 5.02. The number of carbonyl (C=O) groups excluding carboxylic acids is 1. The number of nitrogens with zero attached hydrogens (tertiary/aromatic N) is 3. The van der Waals surface area contributed by atoms with Crippen molar-refractivity contribution >= 4 is 11.9 Å². The zero-order valence-electron chi connectivity index (χ0n) is 13.1. The monoisotopic (exact) mass is 324 g/mol. The summed E-state index contributed by atoms with van der Waals surface area (Å²) in [5.74, 6) is -0.0142. The van der Waals surface area contributed by atoms with Crippen LogP contribution in [0.2, 0.25) is 0 Å². The van der Waals surface area contributed by atoms with Crippen LogP contribution in [0.3, 0.4) is 0 Å². The molecule has 0 unspecified atom stereocenters. The SMILES string of the molecule is COCCNC(=O)[C@H]1CC[C@@H]2[C@@H](CCN2c2ncc(F)cn2)O1. The van der Waals surface area contributed by atoms with Crippen molar-refractivity contribution in [2.45, 2.75) is 37.5 Å². The van der Waals surface area contributed by atoms with Crippen molar-refractivity contribution < 1.29 is 18.7 Å². The summed E-state index contributed by atoms with van der Waals surface area (Å²) in [5, 5.41) is 2.81. The first-order chi connectivity index (χ1) is 11.2. The summed E-state index contributed by atoms with van der Waals surface area (Å²) in [4.78, 5) is 22.2. The third-order valence-corrected chi connectivity index (χ3v) is 4.31. The second kappa shape index (κ2) is 7.18. The lowest BCUT2D eigenvalue weighted by atomic mass is 9.99. The Bertz CT molecular complexity index is 542. The van der Waals surface area contributed by atoms with Crippen LogP contribution in [0.5, 0.6) is 0 Å². The van der Waals surface area contributed by atoms with E-state index in [0.717, 1.165) is 19.4 Å². The van der Waals surface area contributed by atoms with Gasteiger partial charge in [0.1, 0.15) is 6.10 Å². The number of amides is 1. The first-order valence-corrected chi connectivity index (χ1v) is 7.85. The maximum atomic E-state index is 13.0. The Labute approximate surface area is 134 Å². The first kappa shape index (κ1) is 16.1. The third-order valence-electron chi connectivity index (χ3n) is 4.31. The summed E-state index contributed by atoms with van der Waals surface area (Å²) >= 11 is 0. The van der Waals surface area contributed by atoms with E-state index in [1.165, 1.54) is 12.4 Å². The molecule has 2 aliphatic heterocycles. The quantitative estimate of drug-likeness (QED) is 0.795. The molecule has 3 rings (SSSR count). The van der Waals surface area contributed by atoms with Crippen LogP contribution in [-0.2, 0) is 14.3 Å². The zero-order valence-corrected chi connectivity index (χ0v) is 13.1. The zero-order chi connectivity index (χ0) is 16.2. The molecule has 8 heteroatoms. The number of methoxy groups -OCH3 is 1. The number of hydrogen-bond acceptors (Lipinski definition) is 6. The van der Waals surface area contributed by atoms with Gasteiger partial charge in [-0.1, -0.05) is 0 Å². The number of ether oxygens (including phenoxy) is 2. The van der Waals surface area contributed by atoms with Crippen molar-refractivity contribution in [2.24, 2.45) is 0 Å². The topological polar surface area (TPSA) is 76.6 Å². The molecule has 1 aromatic rings. The predicted molar refractivity (Wildman–Crippen MR) is 80.5 cm³/mol. The van der Waals surface area contributed by atoms with Crippen LogP contribution < -0.4 is 10.2 Å². The molecule has 7 nitrogen and oxygen atoms in total. The van der Waals surface area contributed by atoms with Gasteiger partial charge in [-0.3, -0.25) is 4.79 Å². The van der Waals surface area contributed by atoms with Gasteiger partial charge >= 0.3 is 0 Å². The molecule has 2 aliphatic rings. The average Bonchev–Trinajstić information content (AvgIpc) is 2.99. The Morgan fingerprint density at radius 1 is 1.43 bits per heavy atom. The fraction of sp³-hybridized carbons (Fsp3) is 0.667. The number of nitrogens with one attached hydrogen (secondary N) is 1. The summed E-state index contributed by atoms with van der Waals surface area (Å²) in [6.45, 7) is 1.72. The number of fused-ring (bicyclic) bond motifs is 1. The van der Waals surface area contributed by atoms with Gasteiger partial charge in [0.05, 0.1) is 31.1 Å². The van der Waals surface area contributed by atoms with Gasteiger partial charge in [-0.2, -0.15) is 0 Å². The molecule has 0 spiro atoms. The molecular weight excluding hydrogens is 303 g/mol. The van der Waals surface area contributed by atoms with Gasteiger partial charge in [0.25, 0.3) is 0 Å². The highest BCUT2D eigenvalue weighted by molar-refractivity contribution is 5.80. The molecular formula is C15H21FN4O3. The van der Waals surface area contributed by atoms with Gasteiger partial charge in [0, 0.05) is 20.2 Å². The molecule has 1 N–H and O–H groups in total. The molecule has 0 saturated carbocycles. The molecule has 0 bridgehead atoms. The molecule has 126 valence electrons. The summed E-state index contributed by atoms with van der Waals surface area (Å²) in [5.41, 5.74) is 0. The summed E-state index contributed by atoms with van der Waals surface area (Å²) in [6, 6.07) is 0.142. The molecule has 3 heterocycles. The highest BCUT2D eigenvalue weighted by Crippen LogP contribution is 2.33. The maximum Gasteiger partial charge on any atom is 0.249 e. The summed E-state index contributed by atoms with van der Waals surface area (Å²) in [6.07, 6.45) is 4.20. The number of anilines is 1. The van der Waals surface area contributed by atoms with Crippen molar-refractivity contribution in [1.29, 1.82) is 0 Å². The second-order valence-electron chi connectivity index (χ2n) is 5.78. The highest BCUT2D eigenvalue weighted by Gasteiger charge is 2.42. The number of carbonyl (C=O) groups is 1. The number of hydrogen-bond donors (Lipinski definition) is 1. The number of halogens is 1. The van der Waals surface area contributed by atoms with Crippen LogP contribution in [-0.4, -0.2) is 60.9 Å². The van der Waals surface area contributed by atoms with Crippen LogP contribution in [0.15, 0.2) is 12.4 Å². The van der Waals surface area contributed by atoms with Gasteiger partial charge in [0.15, 0.2) is 5.82 Å². The highest BCUT2D eigenvalue weighted by atomic mass is 19.1. The second-order valence-corrected chi connectivity index (χ2v) is 5.78. The molecule has 0 aliphatic carbocycles. The van der Waals surface area contributed by atoms with Crippen LogP contribution in [0.1, 0.15) is 19.3 Å². The standard InChI is InChI=1S/C15H21FN4O3/c1-22-7-5-17-14(21)13-3-2-11-12(23-13)4-6-20(11)15-18-8-10(16)9-19-15/h8-9,11-13H,2-7H2,1H3,(H,17,21)/t11-,12-,13-/m1/s1. The van der Waals surface area contributed by atoms with E-state index in [4.69, 9.17) is 9.47 Å². The maximum absolute atomic E-state index is 13.0. The van der Waals surface area contributed by atoms with E-state index < -0.39 is 11.9 Å². The number of aromatic nitrogens is 2. The van der Waals surface area contributed by atoms with Gasteiger partial charge in [0.2, 0.25) is 11.9 Å². The van der Waals surface area contributed by atoms with Crippen LogP contribution in [0.25, 0.3) is 0 Å². The predicted octanol–water partition coefficient (Wildman–Crippen LogP) is 0.505. The molecule has 0 radical (unpaired) electrons. The Hall–Kier alpha value is -1.80. The van der Waals surface area contributed by atoms with Crippen molar-refractivity contribution in [3.05, 3.63) is 18.2 Å². The Balaban J connectivity index is 1.57. The summed E-state index contributed by atoms with van der Waals surface area (Å²) in [7, 11) is 1.60. The Morgan fingerprint density at radius 2 is 2.22 bits per heavy atom. The lowest BCUT2D eigenvalue weighted by molar-refractivity contribution is -0.141. The van der Waals surface area contributed by atoms with E-state index in [1.54, 1.807) is 7.11 Å². The minimum absolute atomic E-state index is 0.0180. The van der Waals surface area contributed by atoms with Gasteiger partial charge in [-0.05, 0) is 19.3 Å². The third kappa shape index (κ3) is 3.59. The van der Waals surface area contributed by atoms with Gasteiger partial charge in [-0.15, -0.1) is 0 Å².